The Morgan fingerprint density at radius 2 is 0.409 bits per heavy atom. The van der Waals surface area contributed by atoms with Gasteiger partial charge in [0.15, 0.2) is 23.3 Å². The Bertz CT molecular complexity index is 3300. The Kier molecular flexibility index (Phi) is 10.9. The Hall–Kier alpha value is -8.93. The fourth-order valence-electron chi connectivity index (χ4n) is 8.42. The van der Waals surface area contributed by atoms with Gasteiger partial charge in [0.25, 0.3) is 0 Å². The second-order valence-electron chi connectivity index (χ2n) is 16.1. The lowest BCUT2D eigenvalue weighted by Gasteiger charge is -2.15. The molecule has 0 amide bonds. The molecule has 2 heterocycles. The van der Waals surface area contributed by atoms with Crippen LogP contribution in [0.5, 0.6) is 0 Å². The molecule has 0 spiro atoms. The summed E-state index contributed by atoms with van der Waals surface area (Å²) in [5.74, 6) is 2.63. The molecule has 5 heteroatoms. The number of aromatic nitrogens is 5. The molecule has 66 heavy (non-hydrogen) atoms. The third-order valence-electron chi connectivity index (χ3n) is 11.8. The molecule has 0 aliphatic rings. The van der Waals surface area contributed by atoms with Gasteiger partial charge in [-0.05, 0) is 50.6 Å². The van der Waals surface area contributed by atoms with Gasteiger partial charge >= 0.3 is 0 Å². The van der Waals surface area contributed by atoms with Crippen LogP contribution in [0, 0.1) is 0 Å². The van der Waals surface area contributed by atoms with E-state index >= 15 is 0 Å². The number of nitrogens with zero attached hydrogens (tertiary/aromatic N) is 5. The molecule has 9 aromatic carbocycles. The van der Waals surface area contributed by atoms with Gasteiger partial charge in [-0.1, -0.05) is 243 Å². The van der Waals surface area contributed by atoms with Gasteiger partial charge in [-0.2, -0.15) is 0 Å². The van der Waals surface area contributed by atoms with E-state index in [4.69, 9.17) is 24.9 Å². The van der Waals surface area contributed by atoms with Crippen molar-refractivity contribution in [2.45, 2.75) is 0 Å². The molecule has 5 nitrogen and oxygen atoms in total. The minimum absolute atomic E-state index is 0.632. The lowest BCUT2D eigenvalue weighted by atomic mass is 9.89. The normalized spacial score (nSPS) is 11.0. The first kappa shape index (κ1) is 39.9. The molecule has 0 N–H and O–H groups in total. The largest absolute Gasteiger partial charge is 0.228 e. The van der Waals surface area contributed by atoms with Crippen LogP contribution in [0.2, 0.25) is 0 Å². The van der Waals surface area contributed by atoms with E-state index in [1.165, 1.54) is 11.1 Å². The van der Waals surface area contributed by atoms with Gasteiger partial charge in [0.1, 0.15) is 0 Å². The van der Waals surface area contributed by atoms with Crippen molar-refractivity contribution in [1.82, 2.24) is 24.9 Å². The monoisotopic (exact) mass is 843 g/mol. The smallest absolute Gasteiger partial charge is 0.164 e. The summed E-state index contributed by atoms with van der Waals surface area (Å²) < 4.78 is 0. The van der Waals surface area contributed by atoms with E-state index in [-0.39, 0.29) is 0 Å². The minimum Gasteiger partial charge on any atom is -0.228 e. The van der Waals surface area contributed by atoms with Crippen LogP contribution in [0.15, 0.2) is 249 Å². The number of hydrogen-bond acceptors (Lipinski definition) is 5. The zero-order valence-corrected chi connectivity index (χ0v) is 35.9. The summed E-state index contributed by atoms with van der Waals surface area (Å²) in [6, 6.07) is 86.1. The highest BCUT2D eigenvalue weighted by Crippen LogP contribution is 2.39. The quantitative estimate of drug-likeness (QED) is 0.137. The first-order valence-electron chi connectivity index (χ1n) is 22.1. The first-order valence-corrected chi connectivity index (χ1v) is 22.1. The van der Waals surface area contributed by atoms with Crippen LogP contribution in [0.25, 0.3) is 113 Å². The molecule has 0 unspecified atom stereocenters. The molecule has 0 saturated carbocycles. The summed E-state index contributed by atoms with van der Waals surface area (Å²) >= 11 is 0. The molecular formula is C61H41N5. The molecular weight excluding hydrogens is 803 g/mol. The van der Waals surface area contributed by atoms with E-state index in [9.17, 15) is 0 Å². The first-order chi connectivity index (χ1) is 32.7. The second kappa shape index (κ2) is 18.0. The van der Waals surface area contributed by atoms with Crippen LogP contribution in [-0.4, -0.2) is 24.9 Å². The van der Waals surface area contributed by atoms with Gasteiger partial charge < -0.3 is 0 Å². The molecule has 0 saturated heterocycles. The van der Waals surface area contributed by atoms with E-state index in [2.05, 4.69) is 152 Å². The highest BCUT2D eigenvalue weighted by Gasteiger charge is 2.16. The van der Waals surface area contributed by atoms with E-state index in [0.29, 0.717) is 23.3 Å². The van der Waals surface area contributed by atoms with E-state index < -0.39 is 0 Å². The number of hydrogen-bond donors (Lipinski definition) is 0. The summed E-state index contributed by atoms with van der Waals surface area (Å²) in [4.78, 5) is 24.8. The zero-order chi connectivity index (χ0) is 44.1. The molecule has 2 aromatic heterocycles. The van der Waals surface area contributed by atoms with Crippen LogP contribution in [0.3, 0.4) is 0 Å². The minimum atomic E-state index is 0.632. The summed E-state index contributed by atoms with van der Waals surface area (Å²) in [7, 11) is 0. The van der Waals surface area contributed by atoms with Gasteiger partial charge in [-0.15, -0.1) is 0 Å². The molecule has 11 rings (SSSR count). The van der Waals surface area contributed by atoms with Crippen LogP contribution >= 0.6 is 0 Å². The van der Waals surface area contributed by atoms with Gasteiger partial charge in [0.2, 0.25) is 0 Å². The summed E-state index contributed by atoms with van der Waals surface area (Å²) in [5, 5.41) is 0. The van der Waals surface area contributed by atoms with Crippen molar-refractivity contribution >= 4 is 0 Å². The van der Waals surface area contributed by atoms with E-state index in [1.54, 1.807) is 0 Å². The Morgan fingerprint density at radius 3 is 0.788 bits per heavy atom. The van der Waals surface area contributed by atoms with Gasteiger partial charge in [-0.3, -0.25) is 0 Å². The summed E-state index contributed by atoms with van der Waals surface area (Å²) in [5.41, 5.74) is 16.9. The SMILES string of the molecule is c1ccc(-c2cc(-c3ccc(-c4ccc(-c5ccccc5-c5ccccc5-c5ccc(-c6nc(-c7ccccc7)nc(-c7ccccc7)n6)cc5)cc4)cc3)nc(-c3ccccc3)n2)cc1. The lowest BCUT2D eigenvalue weighted by molar-refractivity contribution is 1.07. The van der Waals surface area contributed by atoms with Crippen molar-refractivity contribution in [2.24, 2.45) is 0 Å². The summed E-state index contributed by atoms with van der Waals surface area (Å²) in [6.45, 7) is 0. The topological polar surface area (TPSA) is 64.5 Å². The average molecular weight is 844 g/mol. The number of benzene rings is 9. The highest BCUT2D eigenvalue weighted by molar-refractivity contribution is 5.92. The zero-order valence-electron chi connectivity index (χ0n) is 35.9. The van der Waals surface area contributed by atoms with Crippen LogP contribution < -0.4 is 0 Å². The Labute approximate surface area is 384 Å². The fourth-order valence-corrected chi connectivity index (χ4v) is 8.42. The van der Waals surface area contributed by atoms with Crippen molar-refractivity contribution in [3.05, 3.63) is 249 Å². The molecule has 0 fully saturated rings. The number of rotatable bonds is 10. The third-order valence-corrected chi connectivity index (χ3v) is 11.8. The van der Waals surface area contributed by atoms with E-state index in [0.717, 1.165) is 78.1 Å². The van der Waals surface area contributed by atoms with Crippen LogP contribution in [-0.2, 0) is 0 Å². The molecule has 310 valence electrons. The van der Waals surface area contributed by atoms with Gasteiger partial charge in [0.05, 0.1) is 11.4 Å². The van der Waals surface area contributed by atoms with E-state index in [1.807, 2.05) is 97.1 Å². The van der Waals surface area contributed by atoms with Gasteiger partial charge in [0, 0.05) is 33.4 Å². The molecule has 0 aliphatic carbocycles. The Morgan fingerprint density at radius 1 is 0.167 bits per heavy atom. The van der Waals surface area contributed by atoms with Crippen molar-refractivity contribution in [1.29, 1.82) is 0 Å². The Balaban J connectivity index is 0.874. The van der Waals surface area contributed by atoms with Crippen molar-refractivity contribution in [3.8, 4) is 113 Å². The molecule has 0 radical (unpaired) electrons. The predicted molar refractivity (Wildman–Crippen MR) is 270 cm³/mol. The van der Waals surface area contributed by atoms with Crippen molar-refractivity contribution < 1.29 is 0 Å². The van der Waals surface area contributed by atoms with Gasteiger partial charge in [-0.25, -0.2) is 24.9 Å². The standard InChI is InChI=1S/C61H41N5/c1-5-17-46(18-6-1)56-41-57(63-58(62-56)48-19-7-2-8-20-48)47-37-31-43(32-38-47)42-29-33-44(34-30-42)52-25-13-15-27-54(52)55-28-16-14-26-53(55)45-35-39-51(40-36-45)61-65-59(49-21-9-3-10-22-49)64-60(66-61)50-23-11-4-12-24-50/h1-41H. The molecule has 11 aromatic rings. The maximum atomic E-state index is 5.03. The molecule has 0 aliphatic heterocycles. The second-order valence-corrected chi connectivity index (χ2v) is 16.1. The molecule has 0 atom stereocenters. The highest BCUT2D eigenvalue weighted by atomic mass is 15.0. The summed E-state index contributed by atoms with van der Waals surface area (Å²) in [6.07, 6.45) is 0. The predicted octanol–water partition coefficient (Wildman–Crippen LogP) is 15.3. The maximum Gasteiger partial charge on any atom is 0.164 e. The van der Waals surface area contributed by atoms with Crippen LogP contribution in [0.4, 0.5) is 0 Å². The maximum absolute atomic E-state index is 5.03. The average Bonchev–Trinajstić information content (AvgIpc) is 3.42. The fraction of sp³-hybridized carbons (Fsp3) is 0. The van der Waals surface area contributed by atoms with Crippen LogP contribution in [0.1, 0.15) is 0 Å². The molecule has 0 bridgehead atoms. The van der Waals surface area contributed by atoms with Crippen molar-refractivity contribution in [3.63, 3.8) is 0 Å². The third kappa shape index (κ3) is 8.32. The van der Waals surface area contributed by atoms with Crippen molar-refractivity contribution in [2.75, 3.05) is 0 Å². The lowest BCUT2D eigenvalue weighted by Crippen LogP contribution is -2.00.